The maximum absolute atomic E-state index is 11.9. The first-order valence-electron chi connectivity index (χ1n) is 9.64. The molecule has 0 fully saturated rings. The lowest BCUT2D eigenvalue weighted by atomic mass is 9.98. The number of sulfonamides is 1. The zero-order valence-corrected chi connectivity index (χ0v) is 19.3. The second kappa shape index (κ2) is 10.4. The monoisotopic (exact) mass is 455 g/mol. The fourth-order valence-electron chi connectivity index (χ4n) is 2.62. The lowest BCUT2D eigenvalue weighted by molar-refractivity contribution is 0.222. The van der Waals surface area contributed by atoms with E-state index >= 15 is 0 Å². The van der Waals surface area contributed by atoms with Crippen LogP contribution in [0.25, 0.3) is 11.1 Å². The highest BCUT2D eigenvalue weighted by atomic mass is 32.2. The molecule has 0 saturated carbocycles. The van der Waals surface area contributed by atoms with Gasteiger partial charge in [0.1, 0.15) is 19.0 Å². The predicted octanol–water partition coefficient (Wildman–Crippen LogP) is 3.14. The molecule has 1 N–H and O–H groups in total. The summed E-state index contributed by atoms with van der Waals surface area (Å²) in [5, 5.41) is -0.453. The Hall–Kier alpha value is -1.94. The number of ether oxygens (including phenoxy) is 1. The van der Waals surface area contributed by atoms with Gasteiger partial charge in [-0.25, -0.2) is 13.1 Å². The van der Waals surface area contributed by atoms with Gasteiger partial charge in [0.25, 0.3) is 10.1 Å². The van der Waals surface area contributed by atoms with Crippen molar-refractivity contribution in [3.63, 3.8) is 0 Å². The molecule has 0 bridgehead atoms. The minimum atomic E-state index is -3.46. The summed E-state index contributed by atoms with van der Waals surface area (Å²) in [7, 11) is -6.73. The molecule has 1 atom stereocenters. The molecule has 0 heterocycles. The van der Waals surface area contributed by atoms with Crippen LogP contribution in [0.5, 0.6) is 5.75 Å². The Balaban J connectivity index is 1.92. The highest BCUT2D eigenvalue weighted by molar-refractivity contribution is 7.90. The van der Waals surface area contributed by atoms with Gasteiger partial charge in [-0.3, -0.25) is 4.18 Å². The second-order valence-corrected chi connectivity index (χ2v) is 11.3. The third-order valence-corrected chi connectivity index (χ3v) is 6.93. The van der Waals surface area contributed by atoms with E-state index in [1.54, 1.807) is 13.8 Å². The van der Waals surface area contributed by atoms with Gasteiger partial charge in [0.2, 0.25) is 10.0 Å². The van der Waals surface area contributed by atoms with Crippen LogP contribution < -0.4 is 9.46 Å². The molecule has 0 radical (unpaired) electrons. The maximum atomic E-state index is 11.9. The van der Waals surface area contributed by atoms with Crippen LogP contribution in [-0.4, -0.2) is 48.1 Å². The van der Waals surface area contributed by atoms with Crippen molar-refractivity contribution in [2.75, 3.05) is 26.0 Å². The summed E-state index contributed by atoms with van der Waals surface area (Å²) in [5.41, 5.74) is 3.09. The number of benzene rings is 2. The molecule has 2 aromatic carbocycles. The van der Waals surface area contributed by atoms with E-state index in [1.165, 1.54) is 0 Å². The molecule has 7 nitrogen and oxygen atoms in total. The molecular weight excluding hydrogens is 426 g/mol. The van der Waals surface area contributed by atoms with Gasteiger partial charge in [0.05, 0.1) is 11.5 Å². The van der Waals surface area contributed by atoms with E-state index in [1.807, 2.05) is 55.5 Å². The summed E-state index contributed by atoms with van der Waals surface area (Å²) in [6, 6.07) is 15.5. The first-order valence-corrected chi connectivity index (χ1v) is 13.0. The van der Waals surface area contributed by atoms with E-state index in [-0.39, 0.29) is 19.1 Å². The summed E-state index contributed by atoms with van der Waals surface area (Å²) >= 11 is 0. The van der Waals surface area contributed by atoms with Crippen molar-refractivity contribution in [2.24, 2.45) is 0 Å². The predicted molar refractivity (Wildman–Crippen MR) is 119 cm³/mol. The van der Waals surface area contributed by atoms with E-state index in [0.717, 1.165) is 22.9 Å². The minimum absolute atomic E-state index is 0.0342. The molecule has 0 aliphatic heterocycles. The fourth-order valence-corrected chi connectivity index (χ4v) is 3.80. The van der Waals surface area contributed by atoms with Gasteiger partial charge in [0, 0.05) is 6.54 Å². The first kappa shape index (κ1) is 24.3. The van der Waals surface area contributed by atoms with Crippen molar-refractivity contribution in [3.05, 3.63) is 54.1 Å². The quantitative estimate of drug-likeness (QED) is 0.413. The number of rotatable bonds is 11. The van der Waals surface area contributed by atoms with Crippen molar-refractivity contribution >= 4 is 20.1 Å². The van der Waals surface area contributed by atoms with E-state index in [2.05, 4.69) is 8.91 Å². The number of hydrogen-bond donors (Lipinski definition) is 1. The summed E-state index contributed by atoms with van der Waals surface area (Å²) in [6.07, 6.45) is 0.998. The Bertz CT molecular complexity index is 1010. The molecule has 2 aromatic rings. The van der Waals surface area contributed by atoms with Crippen molar-refractivity contribution in [2.45, 2.75) is 31.9 Å². The van der Waals surface area contributed by atoms with Gasteiger partial charge in [0.15, 0.2) is 0 Å². The van der Waals surface area contributed by atoms with E-state index in [0.29, 0.717) is 12.3 Å². The lowest BCUT2D eigenvalue weighted by Crippen LogP contribution is -2.33. The maximum Gasteiger partial charge on any atom is 0.264 e. The van der Waals surface area contributed by atoms with Crippen LogP contribution in [0.4, 0.5) is 0 Å². The van der Waals surface area contributed by atoms with Crippen molar-refractivity contribution < 1.29 is 25.8 Å². The van der Waals surface area contributed by atoms with Gasteiger partial charge >= 0.3 is 0 Å². The number of nitrogens with one attached hydrogen (secondary N) is 1. The minimum Gasteiger partial charge on any atom is -0.491 e. The van der Waals surface area contributed by atoms with Crippen LogP contribution in [0, 0.1) is 0 Å². The molecule has 0 amide bonds. The summed E-state index contributed by atoms with van der Waals surface area (Å²) in [5.74, 6) is 0.677. The van der Waals surface area contributed by atoms with Crippen LogP contribution in [-0.2, 0) is 24.3 Å². The average molecular weight is 456 g/mol. The highest BCUT2D eigenvalue weighted by Crippen LogP contribution is 2.25. The highest BCUT2D eigenvalue weighted by Gasteiger charge is 2.17. The molecule has 166 valence electrons. The van der Waals surface area contributed by atoms with E-state index < -0.39 is 25.4 Å². The SMILES string of the molecule is CC(CNS(=O)(=O)C(C)C)c1ccc(-c2ccc(OCCOS(C)(=O)=O)cc2)cc1. The largest absolute Gasteiger partial charge is 0.491 e. The zero-order valence-electron chi connectivity index (χ0n) is 17.7. The molecule has 0 spiro atoms. The fraction of sp³-hybridized carbons (Fsp3) is 0.429. The Labute approximate surface area is 179 Å². The third kappa shape index (κ3) is 7.71. The lowest BCUT2D eigenvalue weighted by Gasteiger charge is -2.15. The Morgan fingerprint density at radius 3 is 1.87 bits per heavy atom. The molecule has 0 aromatic heterocycles. The standard InChI is InChI=1S/C21H29NO6S2/c1-16(2)30(25,26)22-15-17(3)18-5-7-19(8-6-18)20-9-11-21(12-10-20)27-13-14-28-29(4,23)24/h5-12,16-17,22H,13-15H2,1-4H3. The second-order valence-electron chi connectivity index (χ2n) is 7.36. The molecule has 9 heteroatoms. The van der Waals surface area contributed by atoms with Crippen LogP contribution in [0.15, 0.2) is 48.5 Å². The molecule has 0 aliphatic carbocycles. The summed E-state index contributed by atoms with van der Waals surface area (Å²) < 4.78 is 58.4. The van der Waals surface area contributed by atoms with Gasteiger partial charge < -0.3 is 4.74 Å². The van der Waals surface area contributed by atoms with E-state index in [4.69, 9.17) is 4.74 Å². The topological polar surface area (TPSA) is 98.8 Å². The van der Waals surface area contributed by atoms with Gasteiger partial charge in [-0.1, -0.05) is 43.3 Å². The van der Waals surface area contributed by atoms with Crippen LogP contribution in [0.1, 0.15) is 32.3 Å². The molecule has 1 unspecified atom stereocenters. The third-order valence-electron chi connectivity index (χ3n) is 4.53. The molecule has 2 rings (SSSR count). The molecule has 0 aliphatic rings. The first-order chi connectivity index (χ1) is 14.0. The van der Waals surface area contributed by atoms with Crippen molar-refractivity contribution in [1.82, 2.24) is 4.72 Å². The van der Waals surface area contributed by atoms with Crippen LogP contribution in [0.2, 0.25) is 0 Å². The molecule has 30 heavy (non-hydrogen) atoms. The van der Waals surface area contributed by atoms with Crippen LogP contribution in [0.3, 0.4) is 0 Å². The summed E-state index contributed by atoms with van der Waals surface area (Å²) in [4.78, 5) is 0. The molecular formula is C21H29NO6S2. The van der Waals surface area contributed by atoms with Crippen LogP contribution >= 0.6 is 0 Å². The smallest absolute Gasteiger partial charge is 0.264 e. The van der Waals surface area contributed by atoms with E-state index in [9.17, 15) is 16.8 Å². The average Bonchev–Trinajstić information content (AvgIpc) is 2.69. The number of hydrogen-bond acceptors (Lipinski definition) is 6. The molecule has 0 saturated heterocycles. The summed E-state index contributed by atoms with van der Waals surface area (Å²) in [6.45, 7) is 5.75. The zero-order chi connectivity index (χ0) is 22.4. The van der Waals surface area contributed by atoms with Crippen molar-refractivity contribution in [1.29, 1.82) is 0 Å². The normalized spacial score (nSPS) is 13.4. The van der Waals surface area contributed by atoms with Gasteiger partial charge in [-0.15, -0.1) is 0 Å². The Kier molecular flexibility index (Phi) is 8.42. The Morgan fingerprint density at radius 2 is 1.37 bits per heavy atom. The van der Waals surface area contributed by atoms with Gasteiger partial charge in [-0.2, -0.15) is 8.42 Å². The Morgan fingerprint density at radius 1 is 0.833 bits per heavy atom. The van der Waals surface area contributed by atoms with Gasteiger partial charge in [-0.05, 0) is 48.6 Å². The van der Waals surface area contributed by atoms with Crippen molar-refractivity contribution in [3.8, 4) is 16.9 Å².